The number of nitrogens with one attached hydrogen (secondary N) is 3. The van der Waals surface area contributed by atoms with E-state index in [-0.39, 0.29) is 11.7 Å². The Balaban J connectivity index is 1.75. The third-order valence-electron chi connectivity index (χ3n) is 4.02. The van der Waals surface area contributed by atoms with Crippen LogP contribution in [0.4, 0.5) is 0 Å². The van der Waals surface area contributed by atoms with Crippen LogP contribution in [0.5, 0.6) is 11.5 Å². The predicted molar refractivity (Wildman–Crippen MR) is 115 cm³/mol. The monoisotopic (exact) mass is 413 g/mol. The summed E-state index contributed by atoms with van der Waals surface area (Å²) in [4.78, 5) is 23.8. The van der Waals surface area contributed by atoms with Crippen molar-refractivity contribution in [2.24, 2.45) is 0 Å². The van der Waals surface area contributed by atoms with Gasteiger partial charge in [-0.05, 0) is 55.4 Å². The maximum absolute atomic E-state index is 11.9. The highest BCUT2D eigenvalue weighted by molar-refractivity contribution is 7.80. The molecule has 0 bridgehead atoms. The quantitative estimate of drug-likeness (QED) is 0.383. The van der Waals surface area contributed by atoms with Crippen LogP contribution in [0, 0.1) is 13.8 Å². The van der Waals surface area contributed by atoms with E-state index in [4.69, 9.17) is 21.7 Å². The number of benzene rings is 2. The van der Waals surface area contributed by atoms with Crippen molar-refractivity contribution < 1.29 is 19.1 Å². The molecular weight excluding hydrogens is 390 g/mol. The Labute approximate surface area is 175 Å². The van der Waals surface area contributed by atoms with Crippen LogP contribution in [-0.4, -0.2) is 30.6 Å². The van der Waals surface area contributed by atoms with Crippen molar-refractivity contribution in [3.63, 3.8) is 0 Å². The first-order chi connectivity index (χ1) is 13.9. The molecule has 2 aromatic carbocycles. The number of hydrogen-bond donors (Lipinski definition) is 3. The lowest BCUT2D eigenvalue weighted by molar-refractivity contribution is -0.123. The highest BCUT2D eigenvalue weighted by Crippen LogP contribution is 2.20. The van der Waals surface area contributed by atoms with Gasteiger partial charge in [-0.1, -0.05) is 30.3 Å². The van der Waals surface area contributed by atoms with Gasteiger partial charge in [0.1, 0.15) is 11.5 Å². The highest BCUT2D eigenvalue weighted by Gasteiger charge is 2.07. The number of carbonyl (C=O) groups excluding carboxylic acids is 2. The van der Waals surface area contributed by atoms with Crippen molar-refractivity contribution in [2.45, 2.75) is 13.8 Å². The zero-order valence-electron chi connectivity index (χ0n) is 16.4. The molecule has 0 atom stereocenters. The number of amides is 2. The molecule has 0 saturated carbocycles. The molecule has 0 aliphatic carbocycles. The summed E-state index contributed by atoms with van der Waals surface area (Å²) in [6.45, 7) is 3.69. The van der Waals surface area contributed by atoms with Crippen molar-refractivity contribution in [1.82, 2.24) is 16.2 Å². The Morgan fingerprint density at radius 3 is 2.52 bits per heavy atom. The number of aryl methyl sites for hydroxylation is 1. The van der Waals surface area contributed by atoms with Gasteiger partial charge in [-0.3, -0.25) is 25.8 Å². The van der Waals surface area contributed by atoms with Crippen LogP contribution in [0.3, 0.4) is 0 Å². The average Bonchev–Trinajstić information content (AvgIpc) is 2.72. The van der Waals surface area contributed by atoms with Crippen LogP contribution in [0.1, 0.15) is 16.7 Å². The Hall–Kier alpha value is -3.39. The van der Waals surface area contributed by atoms with E-state index in [2.05, 4.69) is 16.2 Å². The van der Waals surface area contributed by atoms with Gasteiger partial charge in [-0.15, -0.1) is 0 Å². The fourth-order valence-electron chi connectivity index (χ4n) is 2.34. The second-order valence-electron chi connectivity index (χ2n) is 6.05. The van der Waals surface area contributed by atoms with E-state index in [1.54, 1.807) is 25.3 Å². The van der Waals surface area contributed by atoms with Gasteiger partial charge in [0.2, 0.25) is 5.91 Å². The summed E-state index contributed by atoms with van der Waals surface area (Å²) in [6.07, 6.45) is 2.92. The molecule has 0 saturated heterocycles. The summed E-state index contributed by atoms with van der Waals surface area (Å²) in [5.74, 6) is 0.396. The maximum Gasteiger partial charge on any atom is 0.276 e. The zero-order chi connectivity index (χ0) is 21.2. The standard InChI is InChI=1S/C21H23N3O4S/c1-14-7-6-10-17(15(14)2)28-13-20(26)23-24-21(29)22-19(25)12-11-16-8-4-5-9-18(16)27-3/h4-12H,13H2,1-3H3,(H,23,26)(H2,22,24,25,29)/b12-11+. The fraction of sp³-hybridized carbons (Fsp3) is 0.190. The molecule has 152 valence electrons. The molecule has 0 fully saturated rings. The molecule has 0 aliphatic heterocycles. The van der Waals surface area contributed by atoms with E-state index in [0.29, 0.717) is 11.5 Å². The number of hydrazine groups is 1. The van der Waals surface area contributed by atoms with Crippen molar-refractivity contribution in [3.05, 3.63) is 65.2 Å². The summed E-state index contributed by atoms with van der Waals surface area (Å²) in [6, 6.07) is 12.9. The molecule has 29 heavy (non-hydrogen) atoms. The lowest BCUT2D eigenvalue weighted by atomic mass is 10.1. The van der Waals surface area contributed by atoms with Crippen LogP contribution < -0.4 is 25.6 Å². The van der Waals surface area contributed by atoms with Gasteiger partial charge in [0, 0.05) is 11.6 Å². The van der Waals surface area contributed by atoms with Crippen LogP contribution in [-0.2, 0) is 9.59 Å². The van der Waals surface area contributed by atoms with E-state index < -0.39 is 11.8 Å². The van der Waals surface area contributed by atoms with E-state index in [0.717, 1.165) is 16.7 Å². The first kappa shape index (κ1) is 21.9. The van der Waals surface area contributed by atoms with Crippen LogP contribution in [0.15, 0.2) is 48.5 Å². The van der Waals surface area contributed by atoms with Crippen molar-refractivity contribution in [3.8, 4) is 11.5 Å². The lowest BCUT2D eigenvalue weighted by Crippen LogP contribution is -2.49. The Kier molecular flexibility index (Phi) is 8.17. The van der Waals surface area contributed by atoms with Gasteiger partial charge < -0.3 is 9.47 Å². The summed E-state index contributed by atoms with van der Waals surface area (Å²) < 4.78 is 10.7. The Bertz CT molecular complexity index is 928. The molecule has 2 amide bonds. The molecule has 0 aliphatic rings. The Morgan fingerprint density at radius 1 is 1.03 bits per heavy atom. The summed E-state index contributed by atoms with van der Waals surface area (Å²) in [5.41, 5.74) is 7.62. The largest absolute Gasteiger partial charge is 0.496 e. The van der Waals surface area contributed by atoms with Crippen LogP contribution in [0.2, 0.25) is 0 Å². The van der Waals surface area contributed by atoms with Crippen molar-refractivity contribution in [2.75, 3.05) is 13.7 Å². The summed E-state index contributed by atoms with van der Waals surface area (Å²) >= 11 is 4.99. The number of ether oxygens (including phenoxy) is 2. The molecule has 0 spiro atoms. The second kappa shape index (κ2) is 10.8. The van der Waals surface area contributed by atoms with Crippen molar-refractivity contribution in [1.29, 1.82) is 0 Å². The molecule has 0 radical (unpaired) electrons. The number of thiocarbonyl (C=S) groups is 1. The summed E-state index contributed by atoms with van der Waals surface area (Å²) in [5, 5.41) is 2.39. The van der Waals surface area contributed by atoms with E-state index in [1.165, 1.54) is 6.08 Å². The minimum atomic E-state index is -0.450. The smallest absolute Gasteiger partial charge is 0.276 e. The highest BCUT2D eigenvalue weighted by atomic mass is 32.1. The number of para-hydroxylation sites is 1. The third-order valence-corrected chi connectivity index (χ3v) is 4.22. The van der Waals surface area contributed by atoms with Gasteiger partial charge in [-0.25, -0.2) is 0 Å². The van der Waals surface area contributed by atoms with Crippen molar-refractivity contribution >= 4 is 35.2 Å². The molecule has 0 aromatic heterocycles. The van der Waals surface area contributed by atoms with Gasteiger partial charge in [-0.2, -0.15) is 0 Å². The molecule has 8 heteroatoms. The SMILES string of the molecule is COc1ccccc1/C=C/C(=O)NC(=S)NNC(=O)COc1cccc(C)c1C. The number of hydrogen-bond acceptors (Lipinski definition) is 5. The normalized spacial score (nSPS) is 10.3. The second-order valence-corrected chi connectivity index (χ2v) is 6.46. The van der Waals surface area contributed by atoms with Crippen LogP contribution >= 0.6 is 12.2 Å². The third kappa shape index (κ3) is 6.93. The van der Waals surface area contributed by atoms with Gasteiger partial charge in [0.15, 0.2) is 11.7 Å². The molecule has 7 nitrogen and oxygen atoms in total. The minimum absolute atomic E-state index is 0.0419. The fourth-order valence-corrected chi connectivity index (χ4v) is 2.49. The molecule has 3 N–H and O–H groups in total. The Morgan fingerprint density at radius 2 is 1.76 bits per heavy atom. The van der Waals surface area contributed by atoms with Gasteiger partial charge in [0.25, 0.3) is 5.91 Å². The molecule has 2 aromatic rings. The number of methoxy groups -OCH3 is 1. The van der Waals surface area contributed by atoms with E-state index >= 15 is 0 Å². The van der Waals surface area contributed by atoms with Gasteiger partial charge in [0.05, 0.1) is 7.11 Å². The molecular formula is C21H23N3O4S. The first-order valence-corrected chi connectivity index (χ1v) is 9.21. The summed E-state index contributed by atoms with van der Waals surface area (Å²) in [7, 11) is 1.55. The van der Waals surface area contributed by atoms with E-state index in [1.807, 2.05) is 44.2 Å². The first-order valence-electron chi connectivity index (χ1n) is 8.80. The zero-order valence-corrected chi connectivity index (χ0v) is 17.3. The average molecular weight is 413 g/mol. The lowest BCUT2D eigenvalue weighted by Gasteiger charge is -2.12. The minimum Gasteiger partial charge on any atom is -0.496 e. The van der Waals surface area contributed by atoms with Gasteiger partial charge >= 0.3 is 0 Å². The molecule has 0 unspecified atom stereocenters. The number of rotatable bonds is 6. The topological polar surface area (TPSA) is 88.7 Å². The van der Waals surface area contributed by atoms with Crippen LogP contribution in [0.25, 0.3) is 6.08 Å². The molecule has 0 heterocycles. The maximum atomic E-state index is 11.9. The predicted octanol–water partition coefficient (Wildman–Crippen LogP) is 2.43. The molecule has 2 rings (SSSR count). The number of carbonyl (C=O) groups is 2. The van der Waals surface area contributed by atoms with E-state index in [9.17, 15) is 9.59 Å².